The van der Waals surface area contributed by atoms with Crippen LogP contribution in [-0.2, 0) is 4.43 Å². The molecule has 0 N–H and O–H groups in total. The van der Waals surface area contributed by atoms with E-state index in [1.54, 1.807) is 0 Å². The summed E-state index contributed by atoms with van der Waals surface area (Å²) in [4.78, 5) is 0. The third-order valence-electron chi connectivity index (χ3n) is 1.92. The number of halogens is 1. The molecule has 0 aromatic rings. The van der Waals surface area contributed by atoms with Crippen molar-refractivity contribution < 1.29 is 4.43 Å². The van der Waals surface area contributed by atoms with E-state index in [1.165, 1.54) is 0 Å². The molecule has 0 bridgehead atoms. The van der Waals surface area contributed by atoms with Crippen molar-refractivity contribution in [2.24, 2.45) is 0 Å². The van der Waals surface area contributed by atoms with Crippen LogP contribution in [0.25, 0.3) is 0 Å². The molecule has 0 aromatic heterocycles. The maximum absolute atomic E-state index is 6.31. The van der Waals surface area contributed by atoms with E-state index in [1.807, 2.05) is 0 Å². The molecule has 1 unspecified atom stereocenters. The molecule has 1 nitrogen and oxygen atoms in total. The Labute approximate surface area is 75.9 Å². The lowest BCUT2D eigenvalue weighted by atomic mass is 10.3. The summed E-state index contributed by atoms with van der Waals surface area (Å²) in [7, 11) is -1.95. The van der Waals surface area contributed by atoms with Crippen LogP contribution in [0.3, 0.4) is 0 Å². The second-order valence-corrected chi connectivity index (χ2v) is 9.80. The van der Waals surface area contributed by atoms with E-state index in [2.05, 4.69) is 34.2 Å². The summed E-state index contributed by atoms with van der Waals surface area (Å²) in [6.07, 6.45) is 1.05. The van der Waals surface area contributed by atoms with Crippen LogP contribution >= 0.6 is 11.1 Å². The summed E-state index contributed by atoms with van der Waals surface area (Å²) in [5.74, 6) is 0. The lowest BCUT2D eigenvalue weighted by molar-refractivity contribution is 0.298. The maximum atomic E-state index is 6.31. The average Bonchev–Trinajstić information content (AvgIpc) is 1.81. The standard InChI is InChI=1S/C8H19ClOSi/c1-6-7-10-11(5,9)8(2,3)4/h6-7H2,1-5H3. The Morgan fingerprint density at radius 1 is 1.36 bits per heavy atom. The Balaban J connectivity index is 4.00. The average molecular weight is 195 g/mol. The molecule has 0 spiro atoms. The quantitative estimate of drug-likeness (QED) is 0.494. The molecule has 0 saturated heterocycles. The van der Waals surface area contributed by atoms with Crippen LogP contribution in [0.5, 0.6) is 0 Å². The van der Waals surface area contributed by atoms with Crippen LogP contribution in [0, 0.1) is 0 Å². The Morgan fingerprint density at radius 3 is 2.09 bits per heavy atom. The molecule has 0 amide bonds. The summed E-state index contributed by atoms with van der Waals surface area (Å²) in [5.41, 5.74) is 0. The zero-order valence-corrected chi connectivity index (χ0v) is 9.96. The zero-order chi connectivity index (χ0) is 9.12. The van der Waals surface area contributed by atoms with Crippen LogP contribution in [0.1, 0.15) is 34.1 Å². The van der Waals surface area contributed by atoms with Gasteiger partial charge in [0.15, 0.2) is 0 Å². The lowest BCUT2D eigenvalue weighted by Crippen LogP contribution is -2.38. The van der Waals surface area contributed by atoms with Crippen molar-refractivity contribution in [1.29, 1.82) is 0 Å². The highest BCUT2D eigenvalue weighted by atomic mass is 35.6. The van der Waals surface area contributed by atoms with Gasteiger partial charge in [-0.05, 0) is 18.0 Å². The Morgan fingerprint density at radius 2 is 1.82 bits per heavy atom. The molecule has 1 atom stereocenters. The third kappa shape index (κ3) is 3.59. The van der Waals surface area contributed by atoms with E-state index in [9.17, 15) is 0 Å². The molecule has 0 aliphatic heterocycles. The Bertz CT molecular complexity index is 118. The molecule has 0 heterocycles. The third-order valence-corrected chi connectivity index (χ3v) is 7.37. The number of hydrogen-bond acceptors (Lipinski definition) is 1. The molecule has 0 rings (SSSR count). The number of rotatable bonds is 3. The molecule has 0 aromatic carbocycles. The van der Waals surface area contributed by atoms with Gasteiger partial charge in [0.25, 0.3) is 7.63 Å². The summed E-state index contributed by atoms with van der Waals surface area (Å²) < 4.78 is 5.65. The molecule has 0 saturated carbocycles. The first-order valence-electron chi connectivity index (χ1n) is 4.14. The predicted octanol–water partition coefficient (Wildman–Crippen LogP) is 3.52. The molecular weight excluding hydrogens is 176 g/mol. The SMILES string of the molecule is CCCO[Si](C)(Cl)C(C)(C)C. The van der Waals surface area contributed by atoms with Gasteiger partial charge in [-0.15, -0.1) is 11.1 Å². The minimum Gasteiger partial charge on any atom is -0.403 e. The number of hydrogen-bond donors (Lipinski definition) is 0. The van der Waals surface area contributed by atoms with Gasteiger partial charge in [-0.1, -0.05) is 27.7 Å². The summed E-state index contributed by atoms with van der Waals surface area (Å²) in [6.45, 7) is 11.4. The largest absolute Gasteiger partial charge is 0.403 e. The lowest BCUT2D eigenvalue weighted by Gasteiger charge is -2.33. The van der Waals surface area contributed by atoms with Gasteiger partial charge in [-0.25, -0.2) is 0 Å². The summed E-state index contributed by atoms with van der Waals surface area (Å²) in [6, 6.07) is 0. The van der Waals surface area contributed by atoms with Gasteiger partial charge < -0.3 is 4.43 Å². The first-order valence-corrected chi connectivity index (χ1v) is 7.56. The van der Waals surface area contributed by atoms with Crippen LogP contribution in [-0.4, -0.2) is 14.2 Å². The molecule has 68 valence electrons. The molecule has 0 aliphatic carbocycles. The molecule has 0 aliphatic rings. The maximum Gasteiger partial charge on any atom is 0.292 e. The smallest absolute Gasteiger partial charge is 0.292 e. The molecule has 0 radical (unpaired) electrons. The van der Waals surface area contributed by atoms with Crippen LogP contribution in [0.15, 0.2) is 0 Å². The van der Waals surface area contributed by atoms with Crippen molar-refractivity contribution in [3.63, 3.8) is 0 Å². The second-order valence-electron chi connectivity index (χ2n) is 4.02. The minimum absolute atomic E-state index is 0.129. The fraction of sp³-hybridized carbons (Fsp3) is 1.00. The normalized spacial score (nSPS) is 18.0. The van der Waals surface area contributed by atoms with Gasteiger partial charge in [-0.2, -0.15) is 0 Å². The minimum atomic E-state index is -1.95. The Kier molecular flexibility index (Phi) is 4.09. The van der Waals surface area contributed by atoms with Crippen molar-refractivity contribution in [3.05, 3.63) is 0 Å². The van der Waals surface area contributed by atoms with Crippen LogP contribution in [0.4, 0.5) is 0 Å². The van der Waals surface area contributed by atoms with E-state index in [4.69, 9.17) is 15.5 Å². The molecule has 3 heteroatoms. The monoisotopic (exact) mass is 194 g/mol. The second kappa shape index (κ2) is 3.92. The van der Waals surface area contributed by atoms with Gasteiger partial charge >= 0.3 is 0 Å². The first-order chi connectivity index (χ1) is 4.81. The molecular formula is C8H19ClOSi. The van der Waals surface area contributed by atoms with Gasteiger partial charge in [0.2, 0.25) is 0 Å². The van der Waals surface area contributed by atoms with Crippen LogP contribution < -0.4 is 0 Å². The van der Waals surface area contributed by atoms with Crippen molar-refractivity contribution in [1.82, 2.24) is 0 Å². The van der Waals surface area contributed by atoms with Crippen molar-refractivity contribution in [2.45, 2.75) is 45.7 Å². The van der Waals surface area contributed by atoms with Crippen molar-refractivity contribution in [3.8, 4) is 0 Å². The zero-order valence-electron chi connectivity index (χ0n) is 8.20. The predicted molar refractivity (Wildman–Crippen MR) is 53.4 cm³/mol. The van der Waals surface area contributed by atoms with E-state index in [-0.39, 0.29) is 5.04 Å². The molecule has 11 heavy (non-hydrogen) atoms. The topological polar surface area (TPSA) is 9.23 Å². The fourth-order valence-electron chi connectivity index (χ4n) is 0.510. The first kappa shape index (κ1) is 11.5. The van der Waals surface area contributed by atoms with Gasteiger partial charge in [-0.3, -0.25) is 0 Å². The van der Waals surface area contributed by atoms with E-state index in [0.29, 0.717) is 0 Å². The molecule has 0 fully saturated rings. The van der Waals surface area contributed by atoms with Gasteiger partial charge in [0.1, 0.15) is 0 Å². The highest BCUT2D eigenvalue weighted by Crippen LogP contribution is 2.39. The van der Waals surface area contributed by atoms with Crippen molar-refractivity contribution >= 4 is 18.7 Å². The van der Waals surface area contributed by atoms with E-state index >= 15 is 0 Å². The van der Waals surface area contributed by atoms with Crippen molar-refractivity contribution in [2.75, 3.05) is 6.61 Å². The fourth-order valence-corrected chi connectivity index (χ4v) is 1.76. The van der Waals surface area contributed by atoms with Crippen LogP contribution in [0.2, 0.25) is 11.6 Å². The van der Waals surface area contributed by atoms with E-state index < -0.39 is 7.63 Å². The van der Waals surface area contributed by atoms with E-state index in [0.717, 1.165) is 13.0 Å². The summed E-state index contributed by atoms with van der Waals surface area (Å²) in [5, 5.41) is 0.129. The summed E-state index contributed by atoms with van der Waals surface area (Å²) >= 11 is 6.31. The van der Waals surface area contributed by atoms with Gasteiger partial charge in [0.05, 0.1) is 0 Å². The highest BCUT2D eigenvalue weighted by Gasteiger charge is 2.40. The Hall–Kier alpha value is 0.467. The van der Waals surface area contributed by atoms with Gasteiger partial charge in [0, 0.05) is 6.61 Å². The highest BCUT2D eigenvalue weighted by molar-refractivity contribution is 7.17.